The van der Waals surface area contributed by atoms with Crippen molar-refractivity contribution in [3.8, 4) is 0 Å². The summed E-state index contributed by atoms with van der Waals surface area (Å²) >= 11 is 0. The molecule has 0 aliphatic heterocycles. The highest BCUT2D eigenvalue weighted by Crippen LogP contribution is 2.33. The Morgan fingerprint density at radius 2 is 1.25 bits per heavy atom. The van der Waals surface area contributed by atoms with Crippen LogP contribution in [0.5, 0.6) is 0 Å². The Bertz CT molecular complexity index is 377. The average molecular weight is 232 g/mol. The molecule has 0 bridgehead atoms. The maximum absolute atomic E-state index is 8.95. The molecule has 2 rings (SSSR count). The summed E-state index contributed by atoms with van der Waals surface area (Å²) in [4.78, 5) is 0. The molecule has 16 heavy (non-hydrogen) atoms. The summed E-state index contributed by atoms with van der Waals surface area (Å²) in [7, 11) is -0.901. The molecule has 0 saturated carbocycles. The van der Waals surface area contributed by atoms with Crippen LogP contribution in [0, 0.1) is 0 Å². The van der Waals surface area contributed by atoms with E-state index in [1.807, 2.05) is 60.7 Å². The van der Waals surface area contributed by atoms with E-state index in [2.05, 4.69) is 0 Å². The second-order valence-electron chi connectivity index (χ2n) is 3.22. The highest BCUT2D eigenvalue weighted by molar-refractivity contribution is 7.68. The van der Waals surface area contributed by atoms with Gasteiger partial charge in [0.25, 0.3) is 0 Å². The second-order valence-corrected chi connectivity index (χ2v) is 5.10. The lowest BCUT2D eigenvalue weighted by Crippen LogP contribution is -2.13. The van der Waals surface area contributed by atoms with Crippen LogP contribution in [0.15, 0.2) is 60.7 Å². The summed E-state index contributed by atoms with van der Waals surface area (Å²) in [6, 6.07) is 20.0. The van der Waals surface area contributed by atoms with Gasteiger partial charge in [0.1, 0.15) is 6.79 Å². The summed E-state index contributed by atoms with van der Waals surface area (Å²) in [6.07, 6.45) is 0. The van der Waals surface area contributed by atoms with Crippen molar-refractivity contribution in [1.29, 1.82) is 0 Å². The Kier molecular flexibility index (Phi) is 4.06. The van der Waals surface area contributed by atoms with E-state index in [0.29, 0.717) is 0 Å². The first-order valence-electron chi connectivity index (χ1n) is 5.06. The van der Waals surface area contributed by atoms with Crippen molar-refractivity contribution in [2.24, 2.45) is 0 Å². The molecule has 0 heterocycles. The molecule has 0 spiro atoms. The summed E-state index contributed by atoms with van der Waals surface area (Å²) in [5.74, 6) is 0. The molecule has 0 saturated heterocycles. The van der Waals surface area contributed by atoms with Crippen molar-refractivity contribution in [2.75, 3.05) is 6.79 Å². The number of benzene rings is 2. The van der Waals surface area contributed by atoms with Gasteiger partial charge in [-0.05, 0) is 0 Å². The number of aliphatic hydroxyl groups is 1. The summed E-state index contributed by atoms with van der Waals surface area (Å²) in [5, 5.41) is 11.2. The predicted octanol–water partition coefficient (Wildman–Crippen LogP) is 2.00. The minimum absolute atomic E-state index is 0.254. The number of rotatable bonds is 4. The Hall–Kier alpha value is -1.21. The third kappa shape index (κ3) is 2.67. The quantitative estimate of drug-likeness (QED) is 0.645. The fourth-order valence-corrected chi connectivity index (χ4v) is 3.08. The van der Waals surface area contributed by atoms with E-state index in [1.54, 1.807) is 0 Å². The van der Waals surface area contributed by atoms with Crippen molar-refractivity contribution < 1.29 is 9.63 Å². The summed E-state index contributed by atoms with van der Waals surface area (Å²) < 4.78 is 5.43. The van der Waals surface area contributed by atoms with Crippen molar-refractivity contribution in [1.82, 2.24) is 0 Å². The first kappa shape index (κ1) is 11.3. The molecule has 1 N–H and O–H groups in total. The largest absolute Gasteiger partial charge is 0.370 e. The average Bonchev–Trinajstić information content (AvgIpc) is 2.38. The van der Waals surface area contributed by atoms with E-state index >= 15 is 0 Å². The van der Waals surface area contributed by atoms with E-state index in [0.717, 1.165) is 10.6 Å². The van der Waals surface area contributed by atoms with Crippen LogP contribution in [0.4, 0.5) is 0 Å². The maximum atomic E-state index is 8.95. The summed E-state index contributed by atoms with van der Waals surface area (Å²) in [6.45, 7) is -0.254. The van der Waals surface area contributed by atoms with Gasteiger partial charge in [-0.1, -0.05) is 60.7 Å². The molecule has 82 valence electrons. The van der Waals surface area contributed by atoms with Gasteiger partial charge in [0.15, 0.2) is 0 Å². The van der Waals surface area contributed by atoms with Gasteiger partial charge in [0, 0.05) is 10.6 Å². The lowest BCUT2D eigenvalue weighted by Gasteiger charge is -2.16. The summed E-state index contributed by atoms with van der Waals surface area (Å²) in [5.41, 5.74) is 0. The molecule has 2 aromatic rings. The van der Waals surface area contributed by atoms with Crippen LogP contribution in [0.25, 0.3) is 0 Å². The molecule has 0 aromatic heterocycles. The minimum Gasteiger partial charge on any atom is -0.370 e. The highest BCUT2D eigenvalue weighted by atomic mass is 31.1. The smallest absolute Gasteiger partial charge is 0.148 e. The van der Waals surface area contributed by atoms with E-state index < -0.39 is 8.15 Å². The SMILES string of the molecule is OCOP(c1ccccc1)c1ccccc1. The normalized spacial score (nSPS) is 10.6. The first-order valence-corrected chi connectivity index (χ1v) is 6.32. The predicted molar refractivity (Wildman–Crippen MR) is 67.2 cm³/mol. The molecular weight excluding hydrogens is 219 g/mol. The molecular formula is C13H13O2P. The van der Waals surface area contributed by atoms with Crippen molar-refractivity contribution in [3.05, 3.63) is 60.7 Å². The van der Waals surface area contributed by atoms with Crippen LogP contribution in [-0.4, -0.2) is 11.9 Å². The Morgan fingerprint density at radius 1 is 0.812 bits per heavy atom. The maximum Gasteiger partial charge on any atom is 0.148 e. The zero-order valence-corrected chi connectivity index (χ0v) is 9.68. The number of aliphatic hydroxyl groups excluding tert-OH is 1. The van der Waals surface area contributed by atoms with E-state index in [-0.39, 0.29) is 6.79 Å². The van der Waals surface area contributed by atoms with Gasteiger partial charge < -0.3 is 9.63 Å². The zero-order valence-electron chi connectivity index (χ0n) is 8.78. The molecule has 0 aliphatic carbocycles. The molecule has 0 unspecified atom stereocenters. The molecule has 2 aromatic carbocycles. The molecule has 0 aliphatic rings. The van der Waals surface area contributed by atoms with Crippen molar-refractivity contribution in [3.63, 3.8) is 0 Å². The molecule has 0 radical (unpaired) electrons. The fourth-order valence-electron chi connectivity index (χ4n) is 1.48. The third-order valence-corrected chi connectivity index (χ3v) is 4.08. The van der Waals surface area contributed by atoms with Crippen molar-refractivity contribution >= 4 is 18.8 Å². The van der Waals surface area contributed by atoms with Gasteiger partial charge in [0.2, 0.25) is 0 Å². The van der Waals surface area contributed by atoms with E-state index in [9.17, 15) is 0 Å². The topological polar surface area (TPSA) is 29.5 Å². The van der Waals surface area contributed by atoms with Crippen LogP contribution in [0.2, 0.25) is 0 Å². The first-order chi connectivity index (χ1) is 7.92. The Labute approximate surface area is 96.3 Å². The molecule has 0 amide bonds. The van der Waals surface area contributed by atoms with Gasteiger partial charge in [0.05, 0.1) is 8.15 Å². The molecule has 0 fully saturated rings. The van der Waals surface area contributed by atoms with Crippen LogP contribution in [0.3, 0.4) is 0 Å². The lowest BCUT2D eigenvalue weighted by atomic mass is 10.4. The second kappa shape index (κ2) is 5.76. The number of hydrogen-bond acceptors (Lipinski definition) is 2. The van der Waals surface area contributed by atoms with Crippen LogP contribution >= 0.6 is 8.15 Å². The van der Waals surface area contributed by atoms with E-state index in [4.69, 9.17) is 9.63 Å². The minimum atomic E-state index is -0.901. The van der Waals surface area contributed by atoms with Gasteiger partial charge in [-0.3, -0.25) is 0 Å². The molecule has 2 nitrogen and oxygen atoms in total. The lowest BCUT2D eigenvalue weighted by molar-refractivity contribution is 0.114. The van der Waals surface area contributed by atoms with E-state index in [1.165, 1.54) is 0 Å². The third-order valence-electron chi connectivity index (χ3n) is 2.17. The zero-order chi connectivity index (χ0) is 11.2. The van der Waals surface area contributed by atoms with Gasteiger partial charge in [-0.25, -0.2) is 0 Å². The van der Waals surface area contributed by atoms with Gasteiger partial charge >= 0.3 is 0 Å². The van der Waals surface area contributed by atoms with Crippen LogP contribution < -0.4 is 10.6 Å². The monoisotopic (exact) mass is 232 g/mol. The van der Waals surface area contributed by atoms with Gasteiger partial charge in [-0.15, -0.1) is 0 Å². The Balaban J connectivity index is 2.31. The standard InChI is InChI=1S/C13H13O2P/c14-11-15-16(12-7-3-1-4-8-12)13-9-5-2-6-10-13/h1-10,14H,11H2. The van der Waals surface area contributed by atoms with Gasteiger partial charge in [-0.2, -0.15) is 0 Å². The fraction of sp³-hybridized carbons (Fsp3) is 0.0769. The van der Waals surface area contributed by atoms with Crippen LogP contribution in [0.1, 0.15) is 0 Å². The highest BCUT2D eigenvalue weighted by Gasteiger charge is 2.13. The molecule has 3 heteroatoms. The molecule has 0 atom stereocenters. The van der Waals surface area contributed by atoms with Crippen molar-refractivity contribution in [2.45, 2.75) is 0 Å². The van der Waals surface area contributed by atoms with Crippen LogP contribution in [-0.2, 0) is 4.52 Å². The Morgan fingerprint density at radius 3 is 1.62 bits per heavy atom. The number of hydrogen-bond donors (Lipinski definition) is 1.